The molecule has 4 nitrogen and oxygen atoms in total. The van der Waals surface area contributed by atoms with E-state index in [-0.39, 0.29) is 11.4 Å². The first-order chi connectivity index (χ1) is 15.3. The standard InChI is InChI=1S/C28H33N3O/c1-6-31-26-14-19(2)23(15-25(26)20(3)17-28(31,4)5)18-29-30-27(32)16-22-12-9-11-21-10-7-8-13-24(21)22/h7-15,18,20H,6,16-17H2,1-5H3,(H,30,32)/b29-18-/t20-/m1/s1. The highest BCUT2D eigenvalue weighted by Gasteiger charge is 2.35. The summed E-state index contributed by atoms with van der Waals surface area (Å²) in [6, 6.07) is 18.7. The molecule has 3 aromatic carbocycles. The number of fused-ring (bicyclic) bond motifs is 2. The van der Waals surface area contributed by atoms with Crippen LogP contribution in [0.1, 0.15) is 62.3 Å². The fraction of sp³-hybridized carbons (Fsp3) is 0.357. The number of anilines is 1. The lowest BCUT2D eigenvalue weighted by atomic mass is 9.79. The molecule has 0 saturated carbocycles. The number of hydrogen-bond acceptors (Lipinski definition) is 3. The van der Waals surface area contributed by atoms with E-state index < -0.39 is 0 Å². The Morgan fingerprint density at radius 1 is 1.19 bits per heavy atom. The molecule has 0 spiro atoms. The molecule has 1 aliphatic rings. The average molecular weight is 428 g/mol. The Kier molecular flexibility index (Phi) is 6.05. The zero-order valence-electron chi connectivity index (χ0n) is 19.8. The molecular weight excluding hydrogens is 394 g/mol. The minimum absolute atomic E-state index is 0.111. The van der Waals surface area contributed by atoms with Crippen LogP contribution in [0.15, 0.2) is 59.7 Å². The van der Waals surface area contributed by atoms with Crippen molar-refractivity contribution in [3.8, 4) is 0 Å². The molecule has 1 atom stereocenters. The van der Waals surface area contributed by atoms with Gasteiger partial charge in [-0.3, -0.25) is 4.79 Å². The van der Waals surface area contributed by atoms with Crippen LogP contribution in [0.3, 0.4) is 0 Å². The van der Waals surface area contributed by atoms with Crippen LogP contribution in [-0.4, -0.2) is 24.2 Å². The smallest absolute Gasteiger partial charge is 0.244 e. The van der Waals surface area contributed by atoms with Crippen molar-refractivity contribution < 1.29 is 4.79 Å². The first-order valence-electron chi connectivity index (χ1n) is 11.5. The van der Waals surface area contributed by atoms with E-state index in [0.717, 1.165) is 34.9 Å². The van der Waals surface area contributed by atoms with Gasteiger partial charge in [-0.2, -0.15) is 5.10 Å². The van der Waals surface area contributed by atoms with E-state index in [1.54, 1.807) is 6.21 Å². The second-order valence-electron chi connectivity index (χ2n) is 9.54. The van der Waals surface area contributed by atoms with Crippen molar-refractivity contribution in [2.45, 2.75) is 58.9 Å². The predicted octanol–water partition coefficient (Wildman–Crippen LogP) is 5.95. The van der Waals surface area contributed by atoms with Crippen molar-refractivity contribution in [3.05, 3.63) is 76.9 Å². The van der Waals surface area contributed by atoms with E-state index >= 15 is 0 Å². The van der Waals surface area contributed by atoms with Gasteiger partial charge < -0.3 is 4.90 Å². The van der Waals surface area contributed by atoms with Crippen LogP contribution in [0.2, 0.25) is 0 Å². The first-order valence-corrected chi connectivity index (χ1v) is 11.5. The third-order valence-corrected chi connectivity index (χ3v) is 6.71. The van der Waals surface area contributed by atoms with Gasteiger partial charge in [0.2, 0.25) is 5.91 Å². The Morgan fingerprint density at radius 3 is 2.72 bits per heavy atom. The van der Waals surface area contributed by atoms with Crippen LogP contribution in [-0.2, 0) is 11.2 Å². The molecule has 1 N–H and O–H groups in total. The summed E-state index contributed by atoms with van der Waals surface area (Å²) in [5.74, 6) is 0.372. The summed E-state index contributed by atoms with van der Waals surface area (Å²) in [5, 5.41) is 6.53. The summed E-state index contributed by atoms with van der Waals surface area (Å²) < 4.78 is 0. The van der Waals surface area contributed by atoms with Crippen molar-refractivity contribution in [1.82, 2.24) is 5.43 Å². The zero-order valence-corrected chi connectivity index (χ0v) is 19.8. The third kappa shape index (κ3) is 4.27. The SMILES string of the molecule is CCN1c2cc(C)c(/C=N\NC(=O)Cc3cccc4ccccc34)cc2[C@H](C)CC1(C)C. The molecule has 0 radical (unpaired) electrons. The highest BCUT2D eigenvalue weighted by Crippen LogP contribution is 2.44. The van der Waals surface area contributed by atoms with Crippen molar-refractivity contribution >= 4 is 28.6 Å². The summed E-state index contributed by atoms with van der Waals surface area (Å²) in [6.45, 7) is 12.3. The molecule has 0 aromatic heterocycles. The molecule has 0 aliphatic carbocycles. The Morgan fingerprint density at radius 2 is 1.94 bits per heavy atom. The summed E-state index contributed by atoms with van der Waals surface area (Å²) in [7, 11) is 0. The fourth-order valence-electron chi connectivity index (χ4n) is 5.22. The van der Waals surface area contributed by atoms with E-state index in [1.165, 1.54) is 16.8 Å². The lowest BCUT2D eigenvalue weighted by Gasteiger charge is -2.47. The van der Waals surface area contributed by atoms with Gasteiger partial charge in [-0.05, 0) is 85.2 Å². The van der Waals surface area contributed by atoms with Crippen LogP contribution in [0.4, 0.5) is 5.69 Å². The molecule has 3 aromatic rings. The van der Waals surface area contributed by atoms with Gasteiger partial charge >= 0.3 is 0 Å². The Bertz CT molecular complexity index is 1170. The summed E-state index contributed by atoms with van der Waals surface area (Å²) in [5.41, 5.74) is 8.78. The maximum absolute atomic E-state index is 12.5. The van der Waals surface area contributed by atoms with Gasteiger partial charge in [0.15, 0.2) is 0 Å². The molecule has 4 heteroatoms. The second kappa shape index (κ2) is 8.78. The molecule has 0 saturated heterocycles. The number of carbonyl (C=O) groups excluding carboxylic acids is 1. The molecule has 1 heterocycles. The molecule has 32 heavy (non-hydrogen) atoms. The van der Waals surface area contributed by atoms with Crippen LogP contribution in [0.25, 0.3) is 10.8 Å². The number of aryl methyl sites for hydroxylation is 1. The van der Waals surface area contributed by atoms with E-state index in [0.29, 0.717) is 12.3 Å². The largest absolute Gasteiger partial charge is 0.366 e. The van der Waals surface area contributed by atoms with E-state index in [1.807, 2.05) is 24.3 Å². The van der Waals surface area contributed by atoms with Crippen LogP contribution < -0.4 is 10.3 Å². The van der Waals surface area contributed by atoms with Gasteiger partial charge in [-0.25, -0.2) is 5.43 Å². The number of benzene rings is 3. The molecular formula is C28H33N3O. The van der Waals surface area contributed by atoms with Crippen LogP contribution in [0.5, 0.6) is 0 Å². The normalized spacial score (nSPS) is 17.5. The maximum Gasteiger partial charge on any atom is 0.244 e. The quantitative estimate of drug-likeness (QED) is 0.404. The maximum atomic E-state index is 12.5. The minimum Gasteiger partial charge on any atom is -0.366 e. The van der Waals surface area contributed by atoms with Crippen LogP contribution in [0, 0.1) is 6.92 Å². The Labute approximate surface area is 191 Å². The molecule has 0 unspecified atom stereocenters. The average Bonchev–Trinajstić information content (AvgIpc) is 2.74. The number of hydrazone groups is 1. The minimum atomic E-state index is -0.111. The first kappa shape index (κ1) is 22.1. The lowest BCUT2D eigenvalue weighted by Crippen LogP contribution is -2.48. The molecule has 0 bridgehead atoms. The van der Waals surface area contributed by atoms with Gasteiger partial charge in [0.1, 0.15) is 0 Å². The molecule has 1 amide bonds. The fourth-order valence-corrected chi connectivity index (χ4v) is 5.22. The predicted molar refractivity (Wildman–Crippen MR) is 135 cm³/mol. The Balaban J connectivity index is 1.50. The Hall–Kier alpha value is -3.14. The van der Waals surface area contributed by atoms with E-state index in [4.69, 9.17) is 0 Å². The monoisotopic (exact) mass is 427 g/mol. The van der Waals surface area contributed by atoms with E-state index in [9.17, 15) is 4.79 Å². The van der Waals surface area contributed by atoms with Gasteiger partial charge in [0.05, 0.1) is 12.6 Å². The molecule has 1 aliphatic heterocycles. The van der Waals surface area contributed by atoms with Gasteiger partial charge in [0, 0.05) is 17.8 Å². The van der Waals surface area contributed by atoms with Crippen molar-refractivity contribution in [2.75, 3.05) is 11.4 Å². The lowest BCUT2D eigenvalue weighted by molar-refractivity contribution is -0.120. The van der Waals surface area contributed by atoms with Gasteiger partial charge in [-0.1, -0.05) is 49.4 Å². The number of rotatable bonds is 5. The topological polar surface area (TPSA) is 44.7 Å². The number of carbonyl (C=O) groups is 1. The number of nitrogens with one attached hydrogen (secondary N) is 1. The van der Waals surface area contributed by atoms with Gasteiger partial charge in [-0.15, -0.1) is 0 Å². The van der Waals surface area contributed by atoms with Gasteiger partial charge in [0.25, 0.3) is 0 Å². The second-order valence-corrected chi connectivity index (χ2v) is 9.54. The van der Waals surface area contributed by atoms with E-state index in [2.05, 4.69) is 80.4 Å². The zero-order chi connectivity index (χ0) is 22.9. The summed E-state index contributed by atoms with van der Waals surface area (Å²) >= 11 is 0. The molecule has 0 fully saturated rings. The molecule has 166 valence electrons. The highest BCUT2D eigenvalue weighted by atomic mass is 16.2. The third-order valence-electron chi connectivity index (χ3n) is 6.71. The number of nitrogens with zero attached hydrogens (tertiary/aromatic N) is 2. The summed E-state index contributed by atoms with van der Waals surface area (Å²) in [6.07, 6.45) is 3.20. The van der Waals surface area contributed by atoms with Crippen molar-refractivity contribution in [3.63, 3.8) is 0 Å². The summed E-state index contributed by atoms with van der Waals surface area (Å²) in [4.78, 5) is 15.0. The van der Waals surface area contributed by atoms with Crippen LogP contribution >= 0.6 is 0 Å². The number of hydrogen-bond donors (Lipinski definition) is 1. The highest BCUT2D eigenvalue weighted by molar-refractivity contribution is 5.91. The number of amides is 1. The van der Waals surface area contributed by atoms with Crippen molar-refractivity contribution in [1.29, 1.82) is 0 Å². The molecule has 4 rings (SSSR count). The van der Waals surface area contributed by atoms with Crippen molar-refractivity contribution in [2.24, 2.45) is 5.10 Å².